The van der Waals surface area contributed by atoms with Gasteiger partial charge in [-0.25, -0.2) is 0 Å². The molecule has 0 atom stereocenters. The fraction of sp³-hybridized carbons (Fsp3) is 0.125. The zero-order chi connectivity index (χ0) is 7.68. The fourth-order valence-corrected chi connectivity index (χ4v) is 0.988. The molecule has 0 fully saturated rings. The number of nitrogens with zero attached hydrogens (tertiary/aromatic N) is 1. The van der Waals surface area contributed by atoms with Crippen LogP contribution in [0.1, 0.15) is 0 Å². The first kappa shape index (κ1) is 8.87. The predicted molar refractivity (Wildman–Crippen MR) is 49.0 cm³/mol. The van der Waals surface area contributed by atoms with Crippen molar-refractivity contribution in [3.8, 4) is 11.5 Å². The van der Waals surface area contributed by atoms with Gasteiger partial charge in [-0.05, 0) is 12.1 Å². The Balaban J connectivity index is 0.000000720. The lowest BCUT2D eigenvalue weighted by atomic mass is 10.2. The molecule has 0 radical (unpaired) electrons. The molecule has 0 amide bonds. The summed E-state index contributed by atoms with van der Waals surface area (Å²) in [6.45, 7) is 0.483. The van der Waals surface area contributed by atoms with Crippen molar-refractivity contribution >= 4 is 24.3 Å². The summed E-state index contributed by atoms with van der Waals surface area (Å²) in [5, 5.41) is 9.06. The number of benzene rings is 1. The number of rotatable bonds is 0. The van der Waals surface area contributed by atoms with E-state index in [-0.39, 0.29) is 18.2 Å². The normalized spacial score (nSPS) is 12.7. The van der Waals surface area contributed by atoms with E-state index in [1.807, 2.05) is 0 Å². The summed E-state index contributed by atoms with van der Waals surface area (Å²) < 4.78 is 5.19. The van der Waals surface area contributed by atoms with E-state index in [1.54, 1.807) is 24.4 Å². The molecule has 0 unspecified atom stereocenters. The first-order chi connectivity index (χ1) is 5.36. The molecule has 0 aromatic heterocycles. The van der Waals surface area contributed by atoms with Gasteiger partial charge in [-0.1, -0.05) is 0 Å². The van der Waals surface area contributed by atoms with E-state index in [0.717, 1.165) is 5.69 Å². The molecule has 1 aromatic carbocycles. The summed E-state index contributed by atoms with van der Waals surface area (Å²) in [4.78, 5) is 4.07. The van der Waals surface area contributed by atoms with Gasteiger partial charge in [0.1, 0.15) is 23.8 Å². The third-order valence-electron chi connectivity index (χ3n) is 1.49. The number of ether oxygens (including phenoxy) is 1. The minimum absolute atomic E-state index is 0. The maximum atomic E-state index is 9.06. The molecule has 0 saturated carbocycles. The van der Waals surface area contributed by atoms with Crippen LogP contribution in [-0.4, -0.2) is 17.9 Å². The highest BCUT2D eigenvalue weighted by Gasteiger charge is 2.05. The second-order valence-corrected chi connectivity index (χ2v) is 2.27. The molecule has 1 N–H and O–H groups in total. The third kappa shape index (κ3) is 1.51. The van der Waals surface area contributed by atoms with Crippen LogP contribution in [0.5, 0.6) is 11.5 Å². The largest absolute Gasteiger partial charge is 0.508 e. The van der Waals surface area contributed by atoms with Crippen molar-refractivity contribution in [1.29, 1.82) is 0 Å². The molecule has 0 spiro atoms. The fourth-order valence-electron chi connectivity index (χ4n) is 0.988. The Labute approximate surface area is 76.1 Å². The Morgan fingerprint density at radius 2 is 2.25 bits per heavy atom. The lowest BCUT2D eigenvalue weighted by molar-refractivity contribution is 0.373. The van der Waals surface area contributed by atoms with Gasteiger partial charge in [0.2, 0.25) is 0 Å². The van der Waals surface area contributed by atoms with Crippen LogP contribution in [0, 0.1) is 0 Å². The van der Waals surface area contributed by atoms with Gasteiger partial charge in [0.05, 0.1) is 0 Å². The summed E-state index contributed by atoms with van der Waals surface area (Å²) >= 11 is 0. The molecule has 1 aromatic rings. The van der Waals surface area contributed by atoms with Crippen LogP contribution in [-0.2, 0) is 0 Å². The van der Waals surface area contributed by atoms with E-state index in [0.29, 0.717) is 12.4 Å². The van der Waals surface area contributed by atoms with Gasteiger partial charge in [-0.15, -0.1) is 12.4 Å². The van der Waals surface area contributed by atoms with Crippen LogP contribution in [0.15, 0.2) is 23.2 Å². The second kappa shape index (κ2) is 3.45. The van der Waals surface area contributed by atoms with E-state index in [2.05, 4.69) is 4.99 Å². The molecular weight excluding hydrogens is 178 g/mol. The Kier molecular flexibility index (Phi) is 2.55. The van der Waals surface area contributed by atoms with Gasteiger partial charge >= 0.3 is 0 Å². The molecule has 12 heavy (non-hydrogen) atoms. The number of aromatic hydroxyl groups is 1. The van der Waals surface area contributed by atoms with Crippen LogP contribution in [0.2, 0.25) is 0 Å². The average molecular weight is 186 g/mol. The number of aliphatic imine (C=N–C) groups is 1. The molecule has 2 rings (SSSR count). The van der Waals surface area contributed by atoms with Crippen molar-refractivity contribution in [3.05, 3.63) is 18.2 Å². The van der Waals surface area contributed by atoms with Crippen molar-refractivity contribution in [3.63, 3.8) is 0 Å². The van der Waals surface area contributed by atoms with E-state index in [1.165, 1.54) is 0 Å². The Morgan fingerprint density at radius 3 is 3.08 bits per heavy atom. The lowest BCUT2D eigenvalue weighted by Crippen LogP contribution is -2.02. The molecule has 0 bridgehead atoms. The minimum atomic E-state index is 0. The SMILES string of the molecule is Cl.Oc1ccc2c(c1)OCC=N2. The molecule has 1 aliphatic heterocycles. The van der Waals surface area contributed by atoms with Crippen molar-refractivity contribution in [1.82, 2.24) is 0 Å². The Bertz CT molecular complexity index is 312. The van der Waals surface area contributed by atoms with Gasteiger partial charge in [0.15, 0.2) is 0 Å². The van der Waals surface area contributed by atoms with Crippen LogP contribution in [0.4, 0.5) is 5.69 Å². The van der Waals surface area contributed by atoms with Gasteiger partial charge in [-0.3, -0.25) is 4.99 Å². The van der Waals surface area contributed by atoms with Crippen molar-refractivity contribution in [2.45, 2.75) is 0 Å². The lowest BCUT2D eigenvalue weighted by Gasteiger charge is -2.10. The Morgan fingerprint density at radius 1 is 1.42 bits per heavy atom. The van der Waals surface area contributed by atoms with Gasteiger partial charge in [0, 0.05) is 12.3 Å². The summed E-state index contributed by atoms with van der Waals surface area (Å²) in [6, 6.07) is 4.87. The molecule has 0 saturated heterocycles. The summed E-state index contributed by atoms with van der Waals surface area (Å²) in [7, 11) is 0. The number of hydrogen-bond acceptors (Lipinski definition) is 3. The standard InChI is InChI=1S/C8H7NO2.ClH/c10-6-1-2-7-8(5-6)11-4-3-9-7;/h1-3,5,10H,4H2;1H. The van der Waals surface area contributed by atoms with E-state index >= 15 is 0 Å². The minimum Gasteiger partial charge on any atom is -0.508 e. The summed E-state index contributed by atoms with van der Waals surface area (Å²) in [5.41, 5.74) is 0.772. The molecule has 0 aliphatic carbocycles. The third-order valence-corrected chi connectivity index (χ3v) is 1.49. The highest BCUT2D eigenvalue weighted by molar-refractivity contribution is 5.85. The first-order valence-electron chi connectivity index (χ1n) is 3.34. The topological polar surface area (TPSA) is 41.8 Å². The maximum Gasteiger partial charge on any atom is 0.149 e. The number of halogens is 1. The van der Waals surface area contributed by atoms with Crippen LogP contribution in [0.3, 0.4) is 0 Å². The quantitative estimate of drug-likeness (QED) is 0.671. The number of fused-ring (bicyclic) bond motifs is 1. The van der Waals surface area contributed by atoms with Gasteiger partial charge < -0.3 is 9.84 Å². The summed E-state index contributed by atoms with van der Waals surface area (Å²) in [5.74, 6) is 0.855. The monoisotopic (exact) mass is 185 g/mol. The predicted octanol–water partition coefficient (Wildman–Crippen LogP) is 1.91. The highest BCUT2D eigenvalue weighted by atomic mass is 35.5. The van der Waals surface area contributed by atoms with Gasteiger partial charge in [-0.2, -0.15) is 0 Å². The van der Waals surface area contributed by atoms with Crippen molar-refractivity contribution < 1.29 is 9.84 Å². The van der Waals surface area contributed by atoms with E-state index in [4.69, 9.17) is 9.84 Å². The molecule has 4 heteroatoms. The number of phenols is 1. The Hall–Kier alpha value is -1.22. The number of phenolic OH excluding ortho intramolecular Hbond substituents is 1. The molecular formula is C8H8ClNO2. The van der Waals surface area contributed by atoms with Crippen LogP contribution < -0.4 is 4.74 Å². The van der Waals surface area contributed by atoms with Crippen LogP contribution >= 0.6 is 12.4 Å². The average Bonchev–Trinajstić information content (AvgIpc) is 2.04. The first-order valence-corrected chi connectivity index (χ1v) is 3.34. The molecule has 3 nitrogen and oxygen atoms in total. The molecule has 64 valence electrons. The van der Waals surface area contributed by atoms with Crippen molar-refractivity contribution in [2.75, 3.05) is 6.61 Å². The zero-order valence-electron chi connectivity index (χ0n) is 6.23. The molecule has 1 heterocycles. The molecule has 1 aliphatic rings. The van der Waals surface area contributed by atoms with Crippen LogP contribution in [0.25, 0.3) is 0 Å². The second-order valence-electron chi connectivity index (χ2n) is 2.27. The maximum absolute atomic E-state index is 9.06. The summed E-state index contributed by atoms with van der Waals surface area (Å²) in [6.07, 6.45) is 1.69. The van der Waals surface area contributed by atoms with Gasteiger partial charge in [0.25, 0.3) is 0 Å². The van der Waals surface area contributed by atoms with Crippen molar-refractivity contribution in [2.24, 2.45) is 4.99 Å². The smallest absolute Gasteiger partial charge is 0.149 e. The zero-order valence-corrected chi connectivity index (χ0v) is 7.04. The van der Waals surface area contributed by atoms with E-state index in [9.17, 15) is 0 Å². The number of hydrogen-bond donors (Lipinski definition) is 1. The van der Waals surface area contributed by atoms with E-state index < -0.39 is 0 Å². The highest BCUT2D eigenvalue weighted by Crippen LogP contribution is 2.32.